The van der Waals surface area contributed by atoms with Gasteiger partial charge in [0.05, 0.1) is 19.5 Å². The summed E-state index contributed by atoms with van der Waals surface area (Å²) < 4.78 is 1.68. The highest BCUT2D eigenvalue weighted by molar-refractivity contribution is 5.38. The lowest BCUT2D eigenvalue weighted by Gasteiger charge is -2.20. The predicted octanol–water partition coefficient (Wildman–Crippen LogP) is -0.624. The van der Waals surface area contributed by atoms with Crippen LogP contribution in [0.25, 0.3) is 11.8 Å². The second kappa shape index (κ2) is 3.19. The number of imidazole rings is 1. The zero-order valence-electron chi connectivity index (χ0n) is 8.01. The molecule has 0 radical (unpaired) electrons. The van der Waals surface area contributed by atoms with Crippen molar-refractivity contribution in [1.29, 1.82) is 0 Å². The van der Waals surface area contributed by atoms with E-state index in [1.54, 1.807) is 31.1 Å². The molecule has 1 aromatic heterocycles. The van der Waals surface area contributed by atoms with Crippen LogP contribution in [0.1, 0.15) is 6.92 Å². The monoisotopic (exact) mass is 193 g/mol. The van der Waals surface area contributed by atoms with Crippen LogP contribution in [0.15, 0.2) is 18.5 Å². The van der Waals surface area contributed by atoms with E-state index in [4.69, 9.17) is 4.84 Å². The molecule has 1 aliphatic rings. The van der Waals surface area contributed by atoms with E-state index >= 15 is 0 Å². The van der Waals surface area contributed by atoms with Crippen LogP contribution in [0.5, 0.6) is 0 Å². The van der Waals surface area contributed by atoms with Crippen molar-refractivity contribution in [2.75, 3.05) is 12.3 Å². The van der Waals surface area contributed by atoms with Gasteiger partial charge in [0.1, 0.15) is 11.1 Å². The largest absolute Gasteiger partial charge is 0.510 e. The molecule has 5 heteroatoms. The van der Waals surface area contributed by atoms with Crippen molar-refractivity contribution in [2.24, 2.45) is 0 Å². The van der Waals surface area contributed by atoms with Gasteiger partial charge in [0.15, 0.2) is 5.48 Å². The second-order valence-corrected chi connectivity index (χ2v) is 2.89. The van der Waals surface area contributed by atoms with E-state index in [1.807, 2.05) is 12.2 Å². The van der Waals surface area contributed by atoms with Crippen LogP contribution in [0.3, 0.4) is 0 Å². The Labute approximate surface area is 80.8 Å². The molecule has 0 bridgehead atoms. The van der Waals surface area contributed by atoms with Gasteiger partial charge in [-0.2, -0.15) is 5.17 Å². The first-order valence-corrected chi connectivity index (χ1v) is 4.20. The standard InChI is InChI=1S/C9H11N3O2/c1-7(13)8-6-10-9-4-3-5-11(14-2)12(8)9/h3-6,13H,1-2H3. The smallest absolute Gasteiger partial charge is 0.154 e. The van der Waals surface area contributed by atoms with Gasteiger partial charge < -0.3 is 5.11 Å². The van der Waals surface area contributed by atoms with Crippen molar-refractivity contribution in [1.82, 2.24) is 9.66 Å². The molecule has 0 saturated carbocycles. The van der Waals surface area contributed by atoms with Crippen molar-refractivity contribution in [2.45, 2.75) is 6.92 Å². The van der Waals surface area contributed by atoms with E-state index in [0.717, 1.165) is 5.48 Å². The van der Waals surface area contributed by atoms with Crippen molar-refractivity contribution in [3.05, 3.63) is 29.3 Å². The minimum atomic E-state index is 0.203. The first-order valence-electron chi connectivity index (χ1n) is 4.20. The number of aliphatic hydroxyl groups excluding tert-OH is 1. The fourth-order valence-corrected chi connectivity index (χ4v) is 1.34. The third-order valence-electron chi connectivity index (χ3n) is 1.98. The molecule has 0 amide bonds. The highest BCUT2D eigenvalue weighted by atomic mass is 16.7. The summed E-state index contributed by atoms with van der Waals surface area (Å²) >= 11 is 0. The number of hydrogen-bond donors (Lipinski definition) is 1. The van der Waals surface area contributed by atoms with Crippen LogP contribution in [0, 0.1) is 0 Å². The Morgan fingerprint density at radius 2 is 2.36 bits per heavy atom. The van der Waals surface area contributed by atoms with Crippen molar-refractivity contribution >= 4 is 11.8 Å². The zero-order chi connectivity index (χ0) is 10.1. The molecule has 0 atom stereocenters. The number of nitrogens with zero attached hydrogens (tertiary/aromatic N) is 3. The molecule has 0 saturated heterocycles. The van der Waals surface area contributed by atoms with Gasteiger partial charge in [0.25, 0.3) is 0 Å². The van der Waals surface area contributed by atoms with E-state index in [0.29, 0.717) is 5.35 Å². The highest BCUT2D eigenvalue weighted by Gasteiger charge is 2.09. The second-order valence-electron chi connectivity index (χ2n) is 2.89. The van der Waals surface area contributed by atoms with Gasteiger partial charge in [-0.25, -0.2) is 9.66 Å². The summed E-state index contributed by atoms with van der Waals surface area (Å²) in [7, 11) is 1.55. The fraction of sp³-hybridized carbons (Fsp3) is 0.222. The summed E-state index contributed by atoms with van der Waals surface area (Å²) in [5.74, 6) is 0.203. The van der Waals surface area contributed by atoms with Crippen molar-refractivity contribution in [3.8, 4) is 0 Å². The first-order chi connectivity index (χ1) is 6.74. The Morgan fingerprint density at radius 1 is 1.57 bits per heavy atom. The third-order valence-corrected chi connectivity index (χ3v) is 1.98. The maximum atomic E-state index is 9.42. The number of aromatic nitrogens is 2. The Kier molecular flexibility index (Phi) is 2.01. The van der Waals surface area contributed by atoms with Gasteiger partial charge in [-0.3, -0.25) is 4.84 Å². The van der Waals surface area contributed by atoms with E-state index in [2.05, 4.69) is 4.98 Å². The minimum Gasteiger partial charge on any atom is -0.510 e. The van der Waals surface area contributed by atoms with Crippen molar-refractivity contribution in [3.63, 3.8) is 0 Å². The third kappa shape index (κ3) is 1.18. The molecule has 1 aromatic rings. The Morgan fingerprint density at radius 3 is 3.00 bits per heavy atom. The fourth-order valence-electron chi connectivity index (χ4n) is 1.34. The zero-order valence-corrected chi connectivity index (χ0v) is 8.01. The average Bonchev–Trinajstić information content (AvgIpc) is 2.60. The molecule has 74 valence electrons. The van der Waals surface area contributed by atoms with Crippen LogP contribution in [0.2, 0.25) is 0 Å². The van der Waals surface area contributed by atoms with Crippen LogP contribution in [-0.2, 0) is 4.84 Å². The summed E-state index contributed by atoms with van der Waals surface area (Å²) in [5, 5.41) is 11.5. The van der Waals surface area contributed by atoms with Crippen molar-refractivity contribution < 1.29 is 9.94 Å². The Hall–Kier alpha value is -1.75. The molecule has 1 aliphatic heterocycles. The van der Waals surface area contributed by atoms with Gasteiger partial charge in [-0.1, -0.05) is 0 Å². The molecule has 5 nitrogen and oxygen atoms in total. The van der Waals surface area contributed by atoms with Gasteiger partial charge in [-0.15, -0.1) is 0 Å². The Balaban J connectivity index is 2.75. The van der Waals surface area contributed by atoms with Gasteiger partial charge in [0.2, 0.25) is 0 Å². The molecule has 14 heavy (non-hydrogen) atoms. The molecule has 0 spiro atoms. The van der Waals surface area contributed by atoms with Gasteiger partial charge in [-0.05, 0) is 19.1 Å². The van der Waals surface area contributed by atoms with E-state index in [-0.39, 0.29) is 5.76 Å². The average molecular weight is 193 g/mol. The van der Waals surface area contributed by atoms with Crippen LogP contribution < -0.4 is 16.0 Å². The maximum Gasteiger partial charge on any atom is 0.154 e. The van der Waals surface area contributed by atoms with Crippen LogP contribution in [0.4, 0.5) is 0 Å². The molecule has 0 aliphatic carbocycles. The number of allylic oxidation sites excluding steroid dienone is 1. The normalized spacial score (nSPS) is 16.3. The summed E-state index contributed by atoms with van der Waals surface area (Å²) in [4.78, 5) is 9.22. The first kappa shape index (κ1) is 8.83. The number of hydroxylamine groups is 1. The summed E-state index contributed by atoms with van der Waals surface area (Å²) in [6.45, 7) is 1.61. The predicted molar refractivity (Wildman–Crippen MR) is 52.0 cm³/mol. The number of hydrogen-bond acceptors (Lipinski definition) is 4. The number of aliphatic hydroxyl groups is 1. The molecular weight excluding hydrogens is 182 g/mol. The molecule has 0 fully saturated rings. The van der Waals surface area contributed by atoms with E-state index < -0.39 is 0 Å². The highest BCUT2D eigenvalue weighted by Crippen LogP contribution is 1.92. The molecule has 1 N–H and O–H groups in total. The van der Waals surface area contributed by atoms with Crippen LogP contribution >= 0.6 is 0 Å². The lowest BCUT2D eigenvalue weighted by atomic mass is 10.5. The SMILES string of the molecule is CON1C=CC=c2ncc(=C(C)O)n21. The van der Waals surface area contributed by atoms with E-state index in [9.17, 15) is 5.11 Å². The quantitative estimate of drug-likeness (QED) is 0.645. The lowest BCUT2D eigenvalue weighted by Crippen LogP contribution is -2.45. The molecule has 2 rings (SSSR count). The topological polar surface area (TPSA) is 50.5 Å². The summed E-state index contributed by atoms with van der Waals surface area (Å²) in [6.07, 6.45) is 6.99. The molecule has 0 aromatic carbocycles. The number of fused-ring (bicyclic) bond motifs is 1. The van der Waals surface area contributed by atoms with Gasteiger partial charge >= 0.3 is 0 Å². The van der Waals surface area contributed by atoms with E-state index in [1.165, 1.54) is 5.17 Å². The Bertz CT molecular complexity index is 483. The lowest BCUT2D eigenvalue weighted by molar-refractivity contribution is 0.129. The molecule has 0 unspecified atom stereocenters. The summed E-state index contributed by atoms with van der Waals surface area (Å²) in [5.41, 5.74) is 0.720. The molecular formula is C9H11N3O2. The summed E-state index contributed by atoms with van der Waals surface area (Å²) in [6, 6.07) is 0. The maximum absolute atomic E-state index is 9.42. The minimum absolute atomic E-state index is 0.203. The van der Waals surface area contributed by atoms with Gasteiger partial charge in [0, 0.05) is 0 Å². The van der Waals surface area contributed by atoms with Crippen LogP contribution in [-0.4, -0.2) is 21.9 Å². The number of rotatable bonds is 1. The molecule has 2 heterocycles.